The van der Waals surface area contributed by atoms with Crippen LogP contribution in [0.25, 0.3) is 17.5 Å². The topological polar surface area (TPSA) is 61.3 Å². The van der Waals surface area contributed by atoms with Gasteiger partial charge >= 0.3 is 0 Å². The first kappa shape index (κ1) is 16.0. The zero-order valence-electron chi connectivity index (χ0n) is 14.4. The summed E-state index contributed by atoms with van der Waals surface area (Å²) < 4.78 is 10.9. The number of hydrogen-bond acceptors (Lipinski definition) is 5. The van der Waals surface area contributed by atoms with E-state index in [1.54, 1.807) is 20.1 Å². The molecule has 0 fully saturated rings. The molecule has 2 aromatic carbocycles. The van der Waals surface area contributed by atoms with Gasteiger partial charge in [0.05, 0.1) is 12.8 Å². The van der Waals surface area contributed by atoms with Gasteiger partial charge in [-0.3, -0.25) is 4.79 Å². The van der Waals surface area contributed by atoms with Crippen LogP contribution in [0.3, 0.4) is 0 Å². The van der Waals surface area contributed by atoms with E-state index in [2.05, 4.69) is 9.97 Å². The van der Waals surface area contributed by atoms with E-state index in [-0.39, 0.29) is 11.5 Å². The number of fused-ring (bicyclic) bond motifs is 1. The second kappa shape index (κ2) is 6.44. The van der Waals surface area contributed by atoms with Gasteiger partial charge in [-0.25, -0.2) is 4.98 Å². The Morgan fingerprint density at radius 2 is 1.73 bits per heavy atom. The predicted molar refractivity (Wildman–Crippen MR) is 98.1 cm³/mol. The van der Waals surface area contributed by atoms with E-state index < -0.39 is 0 Å². The number of carbonyl (C=O) groups excluding carboxylic acids is 1. The van der Waals surface area contributed by atoms with E-state index in [1.807, 2.05) is 54.6 Å². The molecule has 0 radical (unpaired) electrons. The SMILES string of the molecule is COc1ccc(/C=C2\Oc3nc(-c4ccccc4)nc(C)c3C2=O)cc1. The summed E-state index contributed by atoms with van der Waals surface area (Å²) in [7, 11) is 1.61. The highest BCUT2D eigenvalue weighted by atomic mass is 16.5. The molecular weight excluding hydrogens is 328 g/mol. The summed E-state index contributed by atoms with van der Waals surface area (Å²) in [5.41, 5.74) is 2.75. The lowest BCUT2D eigenvalue weighted by atomic mass is 10.1. The number of methoxy groups -OCH3 is 1. The number of benzene rings is 2. The summed E-state index contributed by atoms with van der Waals surface area (Å²) in [5.74, 6) is 1.64. The Morgan fingerprint density at radius 1 is 1.00 bits per heavy atom. The smallest absolute Gasteiger partial charge is 0.235 e. The van der Waals surface area contributed by atoms with Crippen LogP contribution in [0.15, 0.2) is 60.4 Å². The number of ketones is 1. The van der Waals surface area contributed by atoms with Crippen LogP contribution in [0.5, 0.6) is 11.6 Å². The van der Waals surface area contributed by atoms with E-state index in [4.69, 9.17) is 9.47 Å². The number of allylic oxidation sites excluding steroid dienone is 1. The molecule has 0 unspecified atom stereocenters. The first-order valence-electron chi connectivity index (χ1n) is 8.18. The van der Waals surface area contributed by atoms with Crippen molar-refractivity contribution in [2.75, 3.05) is 7.11 Å². The number of nitrogens with zero attached hydrogens (tertiary/aromatic N) is 2. The van der Waals surface area contributed by atoms with Crippen LogP contribution in [-0.4, -0.2) is 22.9 Å². The molecule has 0 spiro atoms. The van der Waals surface area contributed by atoms with Gasteiger partial charge in [0.1, 0.15) is 11.3 Å². The van der Waals surface area contributed by atoms with Crippen LogP contribution in [0.4, 0.5) is 0 Å². The molecule has 3 aromatic rings. The molecule has 4 rings (SSSR count). The van der Waals surface area contributed by atoms with Crippen molar-refractivity contribution in [3.8, 4) is 23.0 Å². The number of hydrogen-bond donors (Lipinski definition) is 0. The minimum atomic E-state index is -0.201. The number of aromatic nitrogens is 2. The molecule has 1 aliphatic heterocycles. The molecule has 0 N–H and O–H groups in total. The highest BCUT2D eigenvalue weighted by molar-refractivity contribution is 6.14. The molecule has 128 valence electrons. The lowest BCUT2D eigenvalue weighted by Crippen LogP contribution is -2.01. The number of rotatable bonds is 3. The highest BCUT2D eigenvalue weighted by Gasteiger charge is 2.32. The van der Waals surface area contributed by atoms with Crippen LogP contribution in [0.2, 0.25) is 0 Å². The molecule has 26 heavy (non-hydrogen) atoms. The summed E-state index contributed by atoms with van der Waals surface area (Å²) in [4.78, 5) is 21.6. The largest absolute Gasteiger partial charge is 0.497 e. The fraction of sp³-hybridized carbons (Fsp3) is 0.0952. The van der Waals surface area contributed by atoms with Crippen LogP contribution < -0.4 is 9.47 Å². The van der Waals surface area contributed by atoms with Gasteiger partial charge in [-0.1, -0.05) is 42.5 Å². The molecule has 0 bridgehead atoms. The van der Waals surface area contributed by atoms with Crippen LogP contribution in [0.1, 0.15) is 21.6 Å². The third-order valence-electron chi connectivity index (χ3n) is 4.16. The first-order chi connectivity index (χ1) is 12.7. The zero-order valence-corrected chi connectivity index (χ0v) is 14.4. The molecule has 1 aromatic heterocycles. The van der Waals surface area contributed by atoms with Crippen molar-refractivity contribution in [2.24, 2.45) is 0 Å². The molecule has 0 amide bonds. The van der Waals surface area contributed by atoms with Gasteiger partial charge in [-0.05, 0) is 30.7 Å². The maximum absolute atomic E-state index is 12.7. The third kappa shape index (κ3) is 2.84. The lowest BCUT2D eigenvalue weighted by molar-refractivity contribution is 0.101. The molecule has 0 saturated heterocycles. The number of carbonyl (C=O) groups is 1. The normalized spacial score (nSPS) is 14.2. The van der Waals surface area contributed by atoms with Gasteiger partial charge in [0.15, 0.2) is 11.6 Å². The Bertz CT molecular complexity index is 1010. The van der Waals surface area contributed by atoms with E-state index in [9.17, 15) is 4.79 Å². The standard InChI is InChI=1S/C21H16N2O3/c1-13-18-19(24)17(12-14-8-10-16(25-2)11-9-14)26-21(18)23-20(22-13)15-6-4-3-5-7-15/h3-12H,1-2H3/b17-12-. The van der Waals surface area contributed by atoms with E-state index in [0.29, 0.717) is 23.0 Å². The van der Waals surface area contributed by atoms with Crippen molar-refractivity contribution in [3.63, 3.8) is 0 Å². The second-order valence-electron chi connectivity index (χ2n) is 5.89. The Balaban J connectivity index is 1.70. The maximum Gasteiger partial charge on any atom is 0.235 e. The van der Waals surface area contributed by atoms with Crippen molar-refractivity contribution < 1.29 is 14.3 Å². The first-order valence-corrected chi connectivity index (χ1v) is 8.18. The van der Waals surface area contributed by atoms with Crippen molar-refractivity contribution in [1.29, 1.82) is 0 Å². The molecule has 1 aliphatic rings. The number of ether oxygens (including phenoxy) is 2. The molecule has 2 heterocycles. The fourth-order valence-corrected chi connectivity index (χ4v) is 2.82. The van der Waals surface area contributed by atoms with Gasteiger partial charge in [0.25, 0.3) is 0 Å². The van der Waals surface area contributed by atoms with Crippen molar-refractivity contribution >= 4 is 11.9 Å². The van der Waals surface area contributed by atoms with Gasteiger partial charge < -0.3 is 9.47 Å². The van der Waals surface area contributed by atoms with Gasteiger partial charge in [-0.15, -0.1) is 0 Å². The van der Waals surface area contributed by atoms with Crippen LogP contribution >= 0.6 is 0 Å². The third-order valence-corrected chi connectivity index (χ3v) is 4.16. The summed E-state index contributed by atoms with van der Waals surface area (Å²) in [6.07, 6.45) is 1.70. The van der Waals surface area contributed by atoms with Crippen molar-refractivity contribution in [2.45, 2.75) is 6.92 Å². The van der Waals surface area contributed by atoms with Crippen molar-refractivity contribution in [3.05, 3.63) is 77.2 Å². The molecule has 5 nitrogen and oxygen atoms in total. The van der Waals surface area contributed by atoms with E-state index in [1.165, 1.54) is 0 Å². The van der Waals surface area contributed by atoms with Crippen LogP contribution in [-0.2, 0) is 0 Å². The molecule has 0 aliphatic carbocycles. The van der Waals surface area contributed by atoms with Gasteiger partial charge in [0, 0.05) is 5.56 Å². The minimum absolute atomic E-state index is 0.201. The summed E-state index contributed by atoms with van der Waals surface area (Å²) >= 11 is 0. The Morgan fingerprint density at radius 3 is 2.42 bits per heavy atom. The quantitative estimate of drug-likeness (QED) is 0.670. The Labute approximate surface area is 151 Å². The van der Waals surface area contributed by atoms with Crippen LogP contribution in [0, 0.1) is 6.92 Å². The minimum Gasteiger partial charge on any atom is -0.497 e. The molecule has 5 heteroatoms. The Kier molecular flexibility index (Phi) is 3.97. The molecule has 0 atom stereocenters. The maximum atomic E-state index is 12.7. The van der Waals surface area contributed by atoms with Gasteiger partial charge in [0.2, 0.25) is 11.7 Å². The average molecular weight is 344 g/mol. The Hall–Kier alpha value is -3.47. The summed E-state index contributed by atoms with van der Waals surface area (Å²) in [5, 5.41) is 0. The van der Waals surface area contributed by atoms with Crippen molar-refractivity contribution in [1.82, 2.24) is 9.97 Å². The highest BCUT2D eigenvalue weighted by Crippen LogP contribution is 2.33. The van der Waals surface area contributed by atoms with E-state index in [0.717, 1.165) is 16.9 Å². The lowest BCUT2D eigenvalue weighted by Gasteiger charge is -2.04. The van der Waals surface area contributed by atoms with Gasteiger partial charge in [-0.2, -0.15) is 4.98 Å². The second-order valence-corrected chi connectivity index (χ2v) is 5.89. The predicted octanol–water partition coefficient (Wildman–Crippen LogP) is 4.08. The number of Topliss-reactive ketones (excluding diaryl/α,β-unsaturated/α-hetero) is 1. The zero-order chi connectivity index (χ0) is 18.1. The molecule has 0 saturated carbocycles. The monoisotopic (exact) mass is 344 g/mol. The average Bonchev–Trinajstić information content (AvgIpc) is 2.99. The fourth-order valence-electron chi connectivity index (χ4n) is 2.82. The number of aryl methyl sites for hydroxylation is 1. The molecular formula is C21H16N2O3. The summed E-state index contributed by atoms with van der Waals surface area (Å²) in [6, 6.07) is 17.0. The van der Waals surface area contributed by atoms with E-state index >= 15 is 0 Å². The summed E-state index contributed by atoms with van der Waals surface area (Å²) in [6.45, 7) is 1.80.